The van der Waals surface area contributed by atoms with Crippen LogP contribution in [0.3, 0.4) is 0 Å². The number of halogens is 3. The third-order valence-corrected chi connectivity index (χ3v) is 8.42. The van der Waals surface area contributed by atoms with Gasteiger partial charge >= 0.3 is 18.2 Å². The molecule has 10 nitrogen and oxygen atoms in total. The summed E-state index contributed by atoms with van der Waals surface area (Å²) in [6, 6.07) is 2.29. The molecule has 1 amide bonds. The first-order valence-electron chi connectivity index (χ1n) is 15.1. The fraction of sp³-hybridized carbons (Fsp3) is 0.625. The zero-order chi connectivity index (χ0) is 33.3. The van der Waals surface area contributed by atoms with Crippen LogP contribution >= 0.6 is 0 Å². The predicted molar refractivity (Wildman–Crippen MR) is 157 cm³/mol. The number of aromatic nitrogens is 2. The summed E-state index contributed by atoms with van der Waals surface area (Å²) in [7, 11) is 1.48. The lowest BCUT2D eigenvalue weighted by molar-refractivity contribution is -0.200. The fourth-order valence-corrected chi connectivity index (χ4v) is 6.05. The van der Waals surface area contributed by atoms with Crippen LogP contribution in [0.5, 0.6) is 11.8 Å². The van der Waals surface area contributed by atoms with E-state index >= 15 is 0 Å². The van der Waals surface area contributed by atoms with Crippen molar-refractivity contribution in [2.24, 2.45) is 11.3 Å². The molecule has 0 bridgehead atoms. The molecule has 0 spiro atoms. The summed E-state index contributed by atoms with van der Waals surface area (Å²) in [6.07, 6.45) is -3.75. The molecule has 5 atom stereocenters. The Kier molecular flexibility index (Phi) is 10.2. The molecule has 2 aliphatic rings. The molecular formula is C32H42F3N3O7. The van der Waals surface area contributed by atoms with Crippen LogP contribution < -0.4 is 9.47 Å². The van der Waals surface area contributed by atoms with Gasteiger partial charge in [-0.2, -0.15) is 13.2 Å². The second kappa shape index (κ2) is 13.4. The van der Waals surface area contributed by atoms with Gasteiger partial charge in [-0.3, -0.25) is 4.90 Å². The second-order valence-electron chi connectivity index (χ2n) is 13.0. The van der Waals surface area contributed by atoms with Crippen LogP contribution in [-0.4, -0.2) is 69.7 Å². The predicted octanol–water partition coefficient (Wildman–Crippen LogP) is 6.68. The maximum Gasteiger partial charge on any atom is 0.425 e. The number of hydrogen-bond donors (Lipinski definition) is 1. The molecule has 4 rings (SSSR count). The number of hydrogen-bond acceptors (Lipinski definition) is 8. The monoisotopic (exact) mass is 637 g/mol. The molecule has 1 N–H and O–H groups in total. The van der Waals surface area contributed by atoms with Gasteiger partial charge in [-0.1, -0.05) is 27.2 Å². The van der Waals surface area contributed by atoms with Gasteiger partial charge in [-0.25, -0.2) is 19.6 Å². The third-order valence-electron chi connectivity index (χ3n) is 8.42. The van der Waals surface area contributed by atoms with Gasteiger partial charge in [0.1, 0.15) is 6.04 Å². The number of likely N-dealkylation sites (tertiary alicyclic amines) is 1. The minimum Gasteiger partial charge on any atom is -0.481 e. The van der Waals surface area contributed by atoms with Crippen LogP contribution in [0.2, 0.25) is 0 Å². The molecule has 0 aromatic carbocycles. The Morgan fingerprint density at radius 2 is 1.80 bits per heavy atom. The van der Waals surface area contributed by atoms with Gasteiger partial charge in [0.2, 0.25) is 11.8 Å². The number of carbonyl (C=O) groups excluding carboxylic acids is 1. The number of rotatable bonds is 10. The number of nitrogens with zero attached hydrogens (tertiary/aromatic N) is 3. The number of carbonyl (C=O) groups is 2. The van der Waals surface area contributed by atoms with E-state index in [1.807, 2.05) is 6.07 Å². The zero-order valence-corrected chi connectivity index (χ0v) is 26.6. The lowest BCUT2D eigenvalue weighted by Crippen LogP contribution is -2.48. The summed E-state index contributed by atoms with van der Waals surface area (Å²) >= 11 is 0. The molecule has 3 heterocycles. The molecule has 0 radical (unpaired) electrons. The summed E-state index contributed by atoms with van der Waals surface area (Å²) in [5.74, 6) is -1.53. The van der Waals surface area contributed by atoms with Crippen molar-refractivity contribution in [3.8, 4) is 11.8 Å². The lowest BCUT2D eigenvalue weighted by atomic mass is 9.73. The zero-order valence-electron chi connectivity index (χ0n) is 26.6. The first kappa shape index (κ1) is 34.3. The Balaban J connectivity index is 1.86. The van der Waals surface area contributed by atoms with Crippen LogP contribution in [-0.2, 0) is 20.9 Å². The van der Waals surface area contributed by atoms with E-state index < -0.39 is 53.9 Å². The van der Waals surface area contributed by atoms with Gasteiger partial charge in [0.25, 0.3) is 0 Å². The number of amides is 1. The lowest BCUT2D eigenvalue weighted by Gasteiger charge is -2.35. The molecule has 248 valence electrons. The molecule has 1 aliphatic carbocycles. The normalized spacial score (nSPS) is 23.0. The van der Waals surface area contributed by atoms with E-state index in [1.165, 1.54) is 13.3 Å². The molecule has 45 heavy (non-hydrogen) atoms. The maximum atomic E-state index is 13.7. The van der Waals surface area contributed by atoms with E-state index in [4.69, 9.17) is 18.9 Å². The summed E-state index contributed by atoms with van der Waals surface area (Å²) < 4.78 is 63.5. The minimum atomic E-state index is -4.86. The summed E-state index contributed by atoms with van der Waals surface area (Å²) in [5.41, 5.74) is 1.12. The highest BCUT2D eigenvalue weighted by Gasteiger charge is 2.60. The highest BCUT2D eigenvalue weighted by atomic mass is 19.4. The van der Waals surface area contributed by atoms with E-state index in [0.717, 1.165) is 29.7 Å². The quantitative estimate of drug-likeness (QED) is 0.304. The molecule has 0 unspecified atom stereocenters. The Labute approximate surface area is 261 Å². The van der Waals surface area contributed by atoms with Crippen molar-refractivity contribution in [3.05, 3.63) is 47.3 Å². The summed E-state index contributed by atoms with van der Waals surface area (Å²) in [4.78, 5) is 36.3. The minimum absolute atomic E-state index is 0.0701. The summed E-state index contributed by atoms with van der Waals surface area (Å²) in [5, 5.41) is 10.6. The highest BCUT2D eigenvalue weighted by Crippen LogP contribution is 2.51. The number of carboxylic acids is 1. The molecule has 1 saturated carbocycles. The first-order valence-corrected chi connectivity index (χ1v) is 15.1. The van der Waals surface area contributed by atoms with Gasteiger partial charge < -0.3 is 24.1 Å². The largest absolute Gasteiger partial charge is 0.481 e. The van der Waals surface area contributed by atoms with E-state index in [0.29, 0.717) is 24.3 Å². The van der Waals surface area contributed by atoms with Crippen molar-refractivity contribution in [3.63, 3.8) is 0 Å². The second-order valence-corrected chi connectivity index (χ2v) is 13.0. The molecule has 2 fully saturated rings. The van der Waals surface area contributed by atoms with Crippen LogP contribution in [0.25, 0.3) is 0 Å². The van der Waals surface area contributed by atoms with E-state index in [9.17, 15) is 27.9 Å². The van der Waals surface area contributed by atoms with Crippen LogP contribution in [0.1, 0.15) is 89.5 Å². The van der Waals surface area contributed by atoms with Crippen molar-refractivity contribution in [2.45, 2.75) is 110 Å². The summed E-state index contributed by atoms with van der Waals surface area (Å²) in [6.45, 7) is 9.54. The van der Waals surface area contributed by atoms with E-state index in [-0.39, 0.29) is 24.2 Å². The average Bonchev–Trinajstić information content (AvgIpc) is 3.26. The van der Waals surface area contributed by atoms with Gasteiger partial charge in [0.15, 0.2) is 6.10 Å². The topological polar surface area (TPSA) is 120 Å². The third kappa shape index (κ3) is 7.45. The molecular weight excluding hydrogens is 595 g/mol. The van der Waals surface area contributed by atoms with Gasteiger partial charge in [0.05, 0.1) is 32.0 Å². The average molecular weight is 638 g/mol. The van der Waals surface area contributed by atoms with Crippen molar-refractivity contribution >= 4 is 12.1 Å². The van der Waals surface area contributed by atoms with Crippen LogP contribution in [0.15, 0.2) is 30.6 Å². The number of methoxy groups -OCH3 is 1. The van der Waals surface area contributed by atoms with Gasteiger partial charge in [-0.15, -0.1) is 0 Å². The highest BCUT2D eigenvalue weighted by molar-refractivity contribution is 5.82. The van der Waals surface area contributed by atoms with E-state index in [1.54, 1.807) is 52.9 Å². The number of carboxylic acid groups (broad SMARTS) is 1. The number of ether oxygens (including phenoxy) is 4. The first-order chi connectivity index (χ1) is 21.0. The number of aliphatic carboxylic acids is 1. The van der Waals surface area contributed by atoms with Gasteiger partial charge in [-0.05, 0) is 68.7 Å². The maximum absolute atomic E-state index is 13.7. The molecule has 1 saturated heterocycles. The van der Waals surface area contributed by atoms with E-state index in [2.05, 4.69) is 9.97 Å². The SMILES string of the molecule is COc1ncc(C2CCC2)cc1CO[C@H]1[C@H](C(C)(C)C)[C@@H](C(=O)O)N(C(=O)O[C@H](C)C(F)(F)F)[C@H]1c1cccnc1OC(C)C. The molecule has 2 aromatic heterocycles. The number of pyridine rings is 2. The molecule has 2 aromatic rings. The smallest absolute Gasteiger partial charge is 0.425 e. The fourth-order valence-electron chi connectivity index (χ4n) is 6.05. The standard InChI is InChI=1S/C32H42F3N3O7/c1-17(2)44-28-22(12-9-13-36-28)24-26(43-16-21-14-20(19-10-8-11-19)15-37-27(21)42-7)23(31(4,5)6)25(29(39)40)38(24)30(41)45-18(3)32(33,34)35/h9,12-15,17-19,23-26H,8,10-11,16H2,1-7H3,(H,39,40)/t18-,23-,24+,25+,26+/m1/s1. The molecule has 13 heteroatoms. The number of alkyl halides is 3. The van der Waals surface area contributed by atoms with Gasteiger partial charge in [0, 0.05) is 29.4 Å². The van der Waals surface area contributed by atoms with Crippen LogP contribution in [0, 0.1) is 11.3 Å². The van der Waals surface area contributed by atoms with Crippen molar-refractivity contribution in [1.29, 1.82) is 0 Å². The Morgan fingerprint density at radius 3 is 2.33 bits per heavy atom. The van der Waals surface area contributed by atoms with Crippen molar-refractivity contribution in [1.82, 2.24) is 14.9 Å². The Hall–Kier alpha value is -3.61. The Bertz CT molecular complexity index is 1360. The Morgan fingerprint density at radius 1 is 1.11 bits per heavy atom. The molecule has 1 aliphatic heterocycles. The van der Waals surface area contributed by atoms with Crippen LogP contribution in [0.4, 0.5) is 18.0 Å². The van der Waals surface area contributed by atoms with Crippen molar-refractivity contribution < 1.29 is 46.8 Å². The van der Waals surface area contributed by atoms with Crippen molar-refractivity contribution in [2.75, 3.05) is 7.11 Å².